The van der Waals surface area contributed by atoms with E-state index in [9.17, 15) is 18.7 Å². The first-order valence-corrected chi connectivity index (χ1v) is 5.26. The second-order valence-corrected chi connectivity index (χ2v) is 3.56. The Balaban J connectivity index is 3.39. The molecule has 0 saturated carbocycles. The molecule has 0 radical (unpaired) electrons. The van der Waals surface area contributed by atoms with Crippen molar-refractivity contribution in [2.75, 3.05) is 21.3 Å². The van der Waals surface area contributed by atoms with E-state index in [0.29, 0.717) is 0 Å². The smallest absolute Gasteiger partial charge is 0.339 e. The van der Waals surface area contributed by atoms with Gasteiger partial charge in [-0.1, -0.05) is 0 Å². The Morgan fingerprint density at radius 2 is 1.58 bits per heavy atom. The van der Waals surface area contributed by atoms with Crippen LogP contribution in [0.15, 0.2) is 12.1 Å². The summed E-state index contributed by atoms with van der Waals surface area (Å²) in [7, 11) is 3.66. The van der Waals surface area contributed by atoms with E-state index >= 15 is 0 Å². The summed E-state index contributed by atoms with van der Waals surface area (Å²) in [4.78, 5) is 11.3. The van der Waals surface area contributed by atoms with E-state index in [-0.39, 0.29) is 17.1 Å². The van der Waals surface area contributed by atoms with E-state index in [2.05, 4.69) is 4.74 Å². The zero-order chi connectivity index (χ0) is 14.6. The van der Waals surface area contributed by atoms with Crippen LogP contribution in [0.4, 0.5) is 8.78 Å². The number of esters is 1. The molecule has 1 aromatic rings. The zero-order valence-corrected chi connectivity index (χ0v) is 10.6. The van der Waals surface area contributed by atoms with Crippen molar-refractivity contribution in [3.8, 4) is 11.5 Å². The lowest BCUT2D eigenvalue weighted by Crippen LogP contribution is -2.16. The fraction of sp³-hybridized carbons (Fsp3) is 0.417. The number of benzene rings is 1. The highest BCUT2D eigenvalue weighted by Gasteiger charge is 2.27. The van der Waals surface area contributed by atoms with Gasteiger partial charge in [-0.15, -0.1) is 0 Å². The maximum absolute atomic E-state index is 12.9. The van der Waals surface area contributed by atoms with Crippen molar-refractivity contribution >= 4 is 5.97 Å². The standard InChI is InChI=1S/C12H14F2O5/c1-17-8-4-6(10(15)12(16)19-3)7(11(13)14)5-9(8)18-2/h4-5,10-11,15H,1-3H3. The fourth-order valence-electron chi connectivity index (χ4n) is 1.57. The first-order valence-electron chi connectivity index (χ1n) is 5.26. The highest BCUT2D eigenvalue weighted by Crippen LogP contribution is 2.37. The summed E-state index contributed by atoms with van der Waals surface area (Å²) < 4.78 is 40.1. The third-order valence-corrected chi connectivity index (χ3v) is 2.54. The van der Waals surface area contributed by atoms with Crippen molar-refractivity contribution in [3.05, 3.63) is 23.3 Å². The van der Waals surface area contributed by atoms with Gasteiger partial charge in [0.25, 0.3) is 6.43 Å². The summed E-state index contributed by atoms with van der Waals surface area (Å²) in [5.41, 5.74) is -0.796. The quantitative estimate of drug-likeness (QED) is 0.831. The van der Waals surface area contributed by atoms with Gasteiger partial charge in [-0.2, -0.15) is 0 Å². The SMILES string of the molecule is COC(=O)C(O)c1cc(OC)c(OC)cc1C(F)F. The molecule has 1 unspecified atom stereocenters. The minimum absolute atomic E-state index is 0.0821. The van der Waals surface area contributed by atoms with Crippen LogP contribution in [-0.4, -0.2) is 32.4 Å². The van der Waals surface area contributed by atoms with Gasteiger partial charge in [-0.3, -0.25) is 0 Å². The minimum Gasteiger partial charge on any atom is -0.493 e. The average Bonchev–Trinajstić information content (AvgIpc) is 2.43. The average molecular weight is 276 g/mol. The molecule has 0 amide bonds. The van der Waals surface area contributed by atoms with Crippen LogP contribution in [0, 0.1) is 0 Å². The van der Waals surface area contributed by atoms with E-state index in [1.165, 1.54) is 14.2 Å². The van der Waals surface area contributed by atoms with Crippen LogP contribution >= 0.6 is 0 Å². The molecule has 1 rings (SSSR count). The van der Waals surface area contributed by atoms with E-state index < -0.39 is 24.1 Å². The molecule has 0 bridgehead atoms. The topological polar surface area (TPSA) is 65.0 Å². The van der Waals surface area contributed by atoms with Crippen LogP contribution in [0.1, 0.15) is 23.7 Å². The predicted molar refractivity (Wildman–Crippen MR) is 61.5 cm³/mol. The number of rotatable bonds is 5. The summed E-state index contributed by atoms with van der Waals surface area (Å²) in [6.45, 7) is 0. The number of ether oxygens (including phenoxy) is 3. The van der Waals surface area contributed by atoms with Gasteiger partial charge in [0.05, 0.1) is 21.3 Å². The Morgan fingerprint density at radius 3 is 1.95 bits per heavy atom. The maximum atomic E-state index is 12.9. The number of carbonyl (C=O) groups excluding carboxylic acids is 1. The van der Waals surface area contributed by atoms with Crippen LogP contribution in [0.2, 0.25) is 0 Å². The predicted octanol–water partition coefficient (Wildman–Crippen LogP) is 1.85. The second kappa shape index (κ2) is 6.33. The summed E-state index contributed by atoms with van der Waals surface area (Å²) in [6, 6.07) is 2.15. The lowest BCUT2D eigenvalue weighted by atomic mass is 10.0. The summed E-state index contributed by atoms with van der Waals surface area (Å²) in [5, 5.41) is 9.70. The monoisotopic (exact) mass is 276 g/mol. The molecule has 1 N–H and O–H groups in total. The number of aliphatic hydroxyl groups is 1. The first kappa shape index (κ1) is 15.2. The van der Waals surface area contributed by atoms with Gasteiger partial charge in [-0.05, 0) is 12.1 Å². The largest absolute Gasteiger partial charge is 0.493 e. The maximum Gasteiger partial charge on any atom is 0.339 e. The lowest BCUT2D eigenvalue weighted by Gasteiger charge is -2.17. The van der Waals surface area contributed by atoms with Crippen molar-refractivity contribution in [1.29, 1.82) is 0 Å². The third kappa shape index (κ3) is 3.11. The van der Waals surface area contributed by atoms with Crippen molar-refractivity contribution in [2.24, 2.45) is 0 Å². The summed E-state index contributed by atoms with van der Waals surface area (Å²) in [6.07, 6.45) is -4.69. The molecule has 7 heteroatoms. The Hall–Kier alpha value is -1.89. The molecule has 0 aliphatic rings. The molecule has 0 fully saturated rings. The fourth-order valence-corrected chi connectivity index (χ4v) is 1.57. The second-order valence-electron chi connectivity index (χ2n) is 3.56. The van der Waals surface area contributed by atoms with Crippen LogP contribution in [-0.2, 0) is 9.53 Å². The highest BCUT2D eigenvalue weighted by atomic mass is 19.3. The van der Waals surface area contributed by atoms with Crippen LogP contribution in [0.5, 0.6) is 11.5 Å². The van der Waals surface area contributed by atoms with Crippen molar-refractivity contribution in [1.82, 2.24) is 0 Å². The molecule has 0 heterocycles. The number of hydrogen-bond donors (Lipinski definition) is 1. The van der Waals surface area contributed by atoms with E-state index in [0.717, 1.165) is 19.2 Å². The molecule has 0 aromatic heterocycles. The molecule has 5 nitrogen and oxygen atoms in total. The molecule has 106 valence electrons. The normalized spacial score (nSPS) is 12.2. The molecule has 1 atom stereocenters. The van der Waals surface area contributed by atoms with E-state index in [1.807, 2.05) is 0 Å². The van der Waals surface area contributed by atoms with Crippen molar-refractivity contribution in [3.63, 3.8) is 0 Å². The van der Waals surface area contributed by atoms with Crippen LogP contribution < -0.4 is 9.47 Å². The van der Waals surface area contributed by atoms with Gasteiger partial charge < -0.3 is 19.3 Å². The number of carbonyl (C=O) groups is 1. The Kier molecular flexibility index (Phi) is 5.05. The van der Waals surface area contributed by atoms with Crippen LogP contribution in [0.3, 0.4) is 0 Å². The third-order valence-electron chi connectivity index (χ3n) is 2.54. The van der Waals surface area contributed by atoms with Gasteiger partial charge in [0.15, 0.2) is 17.6 Å². The highest BCUT2D eigenvalue weighted by molar-refractivity contribution is 5.77. The molecule has 0 aliphatic heterocycles. The molecule has 0 aliphatic carbocycles. The summed E-state index contributed by atoms with van der Waals surface area (Å²) >= 11 is 0. The van der Waals surface area contributed by atoms with Crippen LogP contribution in [0.25, 0.3) is 0 Å². The minimum atomic E-state index is -2.88. The number of alkyl halides is 2. The molecule has 0 saturated heterocycles. The van der Waals surface area contributed by atoms with Gasteiger partial charge in [0.2, 0.25) is 0 Å². The van der Waals surface area contributed by atoms with E-state index in [4.69, 9.17) is 9.47 Å². The Bertz CT molecular complexity index is 462. The number of hydrogen-bond acceptors (Lipinski definition) is 5. The number of aliphatic hydroxyl groups excluding tert-OH is 1. The molecule has 1 aromatic carbocycles. The van der Waals surface area contributed by atoms with Crippen molar-refractivity contribution in [2.45, 2.75) is 12.5 Å². The molecular formula is C12H14F2O5. The number of methoxy groups -OCH3 is 3. The Morgan fingerprint density at radius 1 is 1.11 bits per heavy atom. The molecule has 0 spiro atoms. The van der Waals surface area contributed by atoms with Crippen molar-refractivity contribution < 1.29 is 32.9 Å². The number of halogens is 2. The molecular weight excluding hydrogens is 262 g/mol. The van der Waals surface area contributed by atoms with Gasteiger partial charge >= 0.3 is 5.97 Å². The van der Waals surface area contributed by atoms with E-state index in [1.54, 1.807) is 0 Å². The zero-order valence-electron chi connectivity index (χ0n) is 10.6. The first-order chi connectivity index (χ1) is 8.96. The van der Waals surface area contributed by atoms with Gasteiger partial charge in [0.1, 0.15) is 0 Å². The van der Waals surface area contributed by atoms with Gasteiger partial charge in [-0.25, -0.2) is 13.6 Å². The lowest BCUT2D eigenvalue weighted by molar-refractivity contribution is -0.150. The Labute approximate surface area is 108 Å². The molecule has 19 heavy (non-hydrogen) atoms. The van der Waals surface area contributed by atoms with Gasteiger partial charge in [0, 0.05) is 11.1 Å². The summed E-state index contributed by atoms with van der Waals surface area (Å²) in [5.74, 6) is -0.822.